The number of benzene rings is 2. The van der Waals surface area contributed by atoms with Crippen LogP contribution in [0.4, 0.5) is 0 Å². The largest absolute Gasteiger partial charge is 0.492 e. The van der Waals surface area contributed by atoms with Crippen molar-refractivity contribution in [1.82, 2.24) is 4.90 Å². The highest BCUT2D eigenvalue weighted by molar-refractivity contribution is 6.04. The van der Waals surface area contributed by atoms with E-state index in [1.54, 1.807) is 0 Å². The summed E-state index contributed by atoms with van der Waals surface area (Å²) in [6, 6.07) is 15.5. The lowest BCUT2D eigenvalue weighted by Crippen LogP contribution is -2.31. The van der Waals surface area contributed by atoms with Crippen molar-refractivity contribution in [1.29, 1.82) is 0 Å². The van der Waals surface area contributed by atoms with Gasteiger partial charge in [-0.1, -0.05) is 37.3 Å². The molecule has 4 heteroatoms. The fourth-order valence-corrected chi connectivity index (χ4v) is 4.17. The number of rotatable bonds is 3. The molecule has 0 aromatic heterocycles. The summed E-state index contributed by atoms with van der Waals surface area (Å²) in [7, 11) is 2.16. The predicted octanol–water partition coefficient (Wildman–Crippen LogP) is 4.15. The zero-order valence-electron chi connectivity index (χ0n) is 16.1. The Morgan fingerprint density at radius 2 is 1.96 bits per heavy atom. The van der Waals surface area contributed by atoms with Gasteiger partial charge < -0.3 is 14.4 Å². The van der Waals surface area contributed by atoms with Crippen LogP contribution >= 0.6 is 0 Å². The van der Waals surface area contributed by atoms with Gasteiger partial charge in [0.2, 0.25) is 0 Å². The third kappa shape index (κ3) is 3.86. The van der Waals surface area contributed by atoms with Gasteiger partial charge in [0.1, 0.15) is 24.2 Å². The molecule has 27 heavy (non-hydrogen) atoms. The minimum Gasteiger partial charge on any atom is -0.492 e. The summed E-state index contributed by atoms with van der Waals surface area (Å²) < 4.78 is 12.2. The van der Waals surface area contributed by atoms with E-state index in [4.69, 9.17) is 9.47 Å². The topological polar surface area (TPSA) is 38.8 Å². The fraction of sp³-hybridized carbons (Fsp3) is 0.435. The van der Waals surface area contributed by atoms with Crippen molar-refractivity contribution in [2.45, 2.75) is 31.8 Å². The average molecular weight is 365 g/mol. The molecule has 0 spiro atoms. The molecule has 2 aromatic carbocycles. The Morgan fingerprint density at radius 3 is 2.78 bits per heavy atom. The molecule has 2 aliphatic rings. The second-order valence-electron chi connectivity index (χ2n) is 7.83. The molecule has 2 heterocycles. The highest BCUT2D eigenvalue weighted by Gasteiger charge is 2.31. The van der Waals surface area contributed by atoms with Gasteiger partial charge in [0.15, 0.2) is 5.78 Å². The molecule has 0 amide bonds. The third-order valence-electron chi connectivity index (χ3n) is 5.69. The molecule has 0 saturated carbocycles. The van der Waals surface area contributed by atoms with Crippen molar-refractivity contribution >= 4 is 5.78 Å². The number of hydrogen-bond donors (Lipinski definition) is 0. The molecule has 4 rings (SSSR count). The van der Waals surface area contributed by atoms with Crippen molar-refractivity contribution in [3.05, 3.63) is 59.7 Å². The summed E-state index contributed by atoms with van der Waals surface area (Å²) >= 11 is 0. The van der Waals surface area contributed by atoms with E-state index in [-0.39, 0.29) is 17.8 Å². The average Bonchev–Trinajstić information content (AvgIpc) is 2.83. The van der Waals surface area contributed by atoms with E-state index in [9.17, 15) is 4.79 Å². The molecule has 0 bridgehead atoms. The van der Waals surface area contributed by atoms with Gasteiger partial charge in [-0.15, -0.1) is 0 Å². The molecule has 0 radical (unpaired) electrons. The Morgan fingerprint density at radius 1 is 1.15 bits per heavy atom. The number of carbonyl (C=O) groups excluding carboxylic acids is 1. The highest BCUT2D eigenvalue weighted by Crippen LogP contribution is 2.35. The van der Waals surface area contributed by atoms with Gasteiger partial charge in [-0.05, 0) is 50.2 Å². The van der Waals surface area contributed by atoms with Crippen molar-refractivity contribution in [3.8, 4) is 11.5 Å². The van der Waals surface area contributed by atoms with Crippen molar-refractivity contribution in [2.75, 3.05) is 26.7 Å². The zero-order valence-corrected chi connectivity index (χ0v) is 16.1. The normalized spacial score (nSPS) is 26.0. The summed E-state index contributed by atoms with van der Waals surface area (Å²) in [5, 5.41) is 0. The van der Waals surface area contributed by atoms with Gasteiger partial charge in [-0.25, -0.2) is 0 Å². The Kier molecular flexibility index (Phi) is 5.17. The molecule has 1 saturated heterocycles. The van der Waals surface area contributed by atoms with E-state index in [1.165, 1.54) is 0 Å². The molecule has 3 atom stereocenters. The van der Waals surface area contributed by atoms with Crippen molar-refractivity contribution in [3.63, 3.8) is 0 Å². The van der Waals surface area contributed by atoms with E-state index in [0.717, 1.165) is 37.2 Å². The minimum atomic E-state index is -0.251. The van der Waals surface area contributed by atoms with Crippen LogP contribution in [0.2, 0.25) is 0 Å². The lowest BCUT2D eigenvalue weighted by atomic mass is 9.89. The first-order valence-corrected chi connectivity index (χ1v) is 9.83. The maximum atomic E-state index is 13.1. The fourth-order valence-electron chi connectivity index (χ4n) is 4.17. The molecular formula is C23H27NO3. The predicted molar refractivity (Wildman–Crippen MR) is 106 cm³/mol. The van der Waals surface area contributed by atoms with Crippen LogP contribution in [0.15, 0.2) is 48.5 Å². The van der Waals surface area contributed by atoms with Crippen LogP contribution in [-0.2, 0) is 0 Å². The Labute approximate surface area is 161 Å². The second kappa shape index (κ2) is 7.73. The number of likely N-dealkylation sites (tertiary alicyclic amines) is 1. The van der Waals surface area contributed by atoms with Gasteiger partial charge in [-0.2, -0.15) is 0 Å². The molecule has 4 nitrogen and oxygen atoms in total. The standard InChI is InChI=1S/C23H27NO3/c1-16-14-24(2)12-6-9-21(16)27-18-10-11-22-19(13-18)23(25)20(15-26-22)17-7-4-3-5-8-17/h3-5,7-8,10-11,13,16,20-21H,6,9,12,14-15H2,1-2H3. The van der Waals surface area contributed by atoms with Crippen LogP contribution < -0.4 is 9.47 Å². The number of fused-ring (bicyclic) bond motifs is 1. The number of hydrogen-bond acceptors (Lipinski definition) is 4. The van der Waals surface area contributed by atoms with Gasteiger partial charge in [0.05, 0.1) is 11.5 Å². The van der Waals surface area contributed by atoms with Crippen molar-refractivity contribution < 1.29 is 14.3 Å². The number of ether oxygens (including phenoxy) is 2. The number of ketones is 1. The molecule has 0 aliphatic carbocycles. The molecule has 1 fully saturated rings. The summed E-state index contributed by atoms with van der Waals surface area (Å²) in [4.78, 5) is 15.4. The van der Waals surface area contributed by atoms with Crippen LogP contribution in [0.5, 0.6) is 11.5 Å². The first-order chi connectivity index (χ1) is 13.1. The lowest BCUT2D eigenvalue weighted by Gasteiger charge is -2.27. The van der Waals surface area contributed by atoms with Gasteiger partial charge in [0, 0.05) is 12.5 Å². The van der Waals surface area contributed by atoms with Gasteiger partial charge >= 0.3 is 0 Å². The van der Waals surface area contributed by atoms with Gasteiger partial charge in [0.25, 0.3) is 0 Å². The summed E-state index contributed by atoms with van der Waals surface area (Å²) in [6.45, 7) is 4.78. The Balaban J connectivity index is 1.55. The number of carbonyl (C=O) groups is 1. The molecule has 2 aliphatic heterocycles. The number of Topliss-reactive ketones (excluding diaryl/α,β-unsaturated/α-hetero) is 1. The second-order valence-corrected chi connectivity index (χ2v) is 7.83. The maximum absolute atomic E-state index is 13.1. The summed E-state index contributed by atoms with van der Waals surface area (Å²) in [6.07, 6.45) is 2.35. The lowest BCUT2D eigenvalue weighted by molar-refractivity contribution is 0.0893. The quantitative estimate of drug-likeness (QED) is 0.819. The first-order valence-electron chi connectivity index (χ1n) is 9.83. The van der Waals surface area contributed by atoms with Crippen LogP contribution in [0.1, 0.15) is 41.6 Å². The zero-order chi connectivity index (χ0) is 18.8. The van der Waals surface area contributed by atoms with E-state index >= 15 is 0 Å². The van der Waals surface area contributed by atoms with Gasteiger partial charge in [-0.3, -0.25) is 4.79 Å². The monoisotopic (exact) mass is 365 g/mol. The van der Waals surface area contributed by atoms with E-state index in [1.807, 2.05) is 48.5 Å². The molecule has 0 N–H and O–H groups in total. The molecular weight excluding hydrogens is 338 g/mol. The molecule has 142 valence electrons. The maximum Gasteiger partial charge on any atom is 0.177 e. The third-order valence-corrected chi connectivity index (χ3v) is 5.69. The summed E-state index contributed by atoms with van der Waals surface area (Å²) in [5.74, 6) is 1.74. The van der Waals surface area contributed by atoms with Crippen LogP contribution in [0, 0.1) is 5.92 Å². The van der Waals surface area contributed by atoms with Crippen molar-refractivity contribution in [2.24, 2.45) is 5.92 Å². The molecule has 2 aromatic rings. The SMILES string of the molecule is CC1CN(C)CCCC1Oc1ccc2c(c1)C(=O)C(c1ccccc1)CO2. The van der Waals surface area contributed by atoms with Crippen LogP contribution in [0.25, 0.3) is 0 Å². The Hall–Kier alpha value is -2.33. The molecule has 3 unspecified atom stereocenters. The minimum absolute atomic E-state index is 0.113. The highest BCUT2D eigenvalue weighted by atomic mass is 16.5. The van der Waals surface area contributed by atoms with Crippen LogP contribution in [0.3, 0.4) is 0 Å². The smallest absolute Gasteiger partial charge is 0.177 e. The Bertz CT molecular complexity index is 805. The summed E-state index contributed by atoms with van der Waals surface area (Å²) in [5.41, 5.74) is 1.63. The first kappa shape index (κ1) is 18.1. The van der Waals surface area contributed by atoms with E-state index in [0.29, 0.717) is 23.8 Å². The van der Waals surface area contributed by atoms with E-state index < -0.39 is 0 Å². The number of nitrogens with zero attached hydrogens (tertiary/aromatic N) is 1. The van der Waals surface area contributed by atoms with E-state index in [2.05, 4.69) is 18.9 Å². The van der Waals surface area contributed by atoms with Crippen LogP contribution in [-0.4, -0.2) is 43.5 Å².